The molecule has 28 heavy (non-hydrogen) atoms. The summed E-state index contributed by atoms with van der Waals surface area (Å²) in [6.07, 6.45) is -0.544. The highest BCUT2D eigenvalue weighted by molar-refractivity contribution is 5.93. The summed E-state index contributed by atoms with van der Waals surface area (Å²) >= 11 is 0. The van der Waals surface area contributed by atoms with Crippen LogP contribution in [0.25, 0.3) is 0 Å². The number of ether oxygens (including phenoxy) is 2. The molecule has 3 aromatic rings. The van der Waals surface area contributed by atoms with E-state index >= 15 is 0 Å². The molecule has 1 aliphatic rings. The van der Waals surface area contributed by atoms with Crippen molar-refractivity contribution in [1.82, 2.24) is 0 Å². The van der Waals surface area contributed by atoms with Gasteiger partial charge in [0.25, 0.3) is 0 Å². The van der Waals surface area contributed by atoms with Crippen LogP contribution in [0, 0.1) is 0 Å². The van der Waals surface area contributed by atoms with E-state index in [4.69, 9.17) is 9.47 Å². The first-order chi connectivity index (χ1) is 13.6. The third kappa shape index (κ3) is 3.66. The number of phenols is 1. The Balaban J connectivity index is 1.45. The second-order valence-corrected chi connectivity index (χ2v) is 6.35. The molecule has 0 aromatic heterocycles. The Kier molecular flexibility index (Phi) is 4.68. The van der Waals surface area contributed by atoms with Gasteiger partial charge in [0, 0.05) is 17.3 Å². The van der Waals surface area contributed by atoms with E-state index in [0.29, 0.717) is 23.5 Å². The molecule has 0 atom stereocenters. The quantitative estimate of drug-likeness (QED) is 0.689. The van der Waals surface area contributed by atoms with Gasteiger partial charge in [-0.1, -0.05) is 30.3 Å². The first-order valence-corrected chi connectivity index (χ1v) is 8.72. The highest BCUT2D eigenvalue weighted by Crippen LogP contribution is 2.32. The topological polar surface area (TPSA) is 76.1 Å². The van der Waals surface area contributed by atoms with Crippen LogP contribution in [0.5, 0.6) is 11.5 Å². The van der Waals surface area contributed by atoms with Crippen molar-refractivity contribution in [1.29, 1.82) is 0 Å². The first kappa shape index (κ1) is 17.6. The van der Waals surface area contributed by atoms with Crippen LogP contribution < -0.4 is 9.64 Å². The van der Waals surface area contributed by atoms with Gasteiger partial charge in [0.05, 0.1) is 12.1 Å². The van der Waals surface area contributed by atoms with Gasteiger partial charge in [-0.3, -0.25) is 4.90 Å². The largest absolute Gasteiger partial charge is 0.508 e. The summed E-state index contributed by atoms with van der Waals surface area (Å²) in [6.45, 7) is 0.510. The maximum atomic E-state index is 12.3. The molecule has 1 aliphatic heterocycles. The molecule has 1 heterocycles. The summed E-state index contributed by atoms with van der Waals surface area (Å²) in [6, 6.07) is 20.7. The van der Waals surface area contributed by atoms with Crippen LogP contribution in [0.15, 0.2) is 72.8 Å². The van der Waals surface area contributed by atoms with E-state index in [9.17, 15) is 14.7 Å². The predicted octanol–water partition coefficient (Wildman–Crippen LogP) is 4.27. The molecule has 140 valence electrons. The number of rotatable bonds is 4. The summed E-state index contributed by atoms with van der Waals surface area (Å²) in [7, 11) is 0. The number of benzene rings is 3. The molecule has 4 rings (SSSR count). The van der Waals surface area contributed by atoms with E-state index in [1.165, 1.54) is 11.0 Å². The zero-order chi connectivity index (χ0) is 19.5. The van der Waals surface area contributed by atoms with Crippen LogP contribution in [-0.4, -0.2) is 17.2 Å². The Morgan fingerprint density at radius 3 is 2.54 bits per heavy atom. The SMILES string of the molecule is O=C(OCc1ccccc1)c1ccc(N2Cc3ccc(O)cc3OC2=O)cc1. The highest BCUT2D eigenvalue weighted by atomic mass is 16.6. The maximum absolute atomic E-state index is 12.3. The number of hydrogen-bond donors (Lipinski definition) is 1. The van der Waals surface area contributed by atoms with Crippen molar-refractivity contribution < 1.29 is 24.2 Å². The number of carbonyl (C=O) groups excluding carboxylic acids is 2. The molecule has 0 saturated carbocycles. The lowest BCUT2D eigenvalue weighted by Gasteiger charge is -2.28. The van der Waals surface area contributed by atoms with Gasteiger partial charge in [0.2, 0.25) is 0 Å². The number of fused-ring (bicyclic) bond motifs is 1. The van der Waals surface area contributed by atoms with Crippen LogP contribution >= 0.6 is 0 Å². The summed E-state index contributed by atoms with van der Waals surface area (Å²) in [5.74, 6) is -0.0434. The number of carbonyl (C=O) groups is 2. The van der Waals surface area contributed by atoms with Crippen molar-refractivity contribution in [3.8, 4) is 11.5 Å². The van der Waals surface area contributed by atoms with E-state index in [1.807, 2.05) is 30.3 Å². The highest BCUT2D eigenvalue weighted by Gasteiger charge is 2.26. The Morgan fingerprint density at radius 1 is 1.04 bits per heavy atom. The predicted molar refractivity (Wildman–Crippen MR) is 102 cm³/mol. The summed E-state index contributed by atoms with van der Waals surface area (Å²) in [5, 5.41) is 9.51. The Labute approximate surface area is 161 Å². The molecule has 0 fully saturated rings. The van der Waals surface area contributed by atoms with Crippen molar-refractivity contribution in [3.05, 3.63) is 89.5 Å². The first-order valence-electron chi connectivity index (χ1n) is 8.72. The summed E-state index contributed by atoms with van der Waals surface area (Å²) < 4.78 is 10.6. The normalized spacial score (nSPS) is 12.9. The maximum Gasteiger partial charge on any atom is 0.420 e. The number of amides is 1. The lowest BCUT2D eigenvalue weighted by Crippen LogP contribution is -2.36. The van der Waals surface area contributed by atoms with Gasteiger partial charge >= 0.3 is 12.1 Å². The Hall–Kier alpha value is -3.80. The minimum Gasteiger partial charge on any atom is -0.508 e. The number of nitrogens with zero attached hydrogens (tertiary/aromatic N) is 1. The van der Waals surface area contributed by atoms with Crippen molar-refractivity contribution in [2.45, 2.75) is 13.2 Å². The minimum absolute atomic E-state index is 0.0402. The average molecular weight is 375 g/mol. The molecule has 0 saturated heterocycles. The zero-order valence-electron chi connectivity index (χ0n) is 14.9. The molecule has 0 bridgehead atoms. The molecule has 3 aromatic carbocycles. The van der Waals surface area contributed by atoms with E-state index in [-0.39, 0.29) is 12.4 Å². The number of phenolic OH excluding ortho intramolecular Hbond substituents is 1. The monoisotopic (exact) mass is 375 g/mol. The zero-order valence-corrected chi connectivity index (χ0v) is 14.9. The standard InChI is InChI=1S/C22H17NO5/c24-19-11-8-17-13-23(22(26)28-20(17)12-19)18-9-6-16(7-10-18)21(25)27-14-15-4-2-1-3-5-15/h1-12,24H,13-14H2. The van der Waals surface area contributed by atoms with Gasteiger partial charge in [-0.15, -0.1) is 0 Å². The molecule has 1 amide bonds. The fourth-order valence-corrected chi connectivity index (χ4v) is 2.93. The minimum atomic E-state index is -0.544. The Bertz CT molecular complexity index is 1010. The second-order valence-electron chi connectivity index (χ2n) is 6.35. The smallest absolute Gasteiger partial charge is 0.420 e. The van der Waals surface area contributed by atoms with Gasteiger partial charge in [-0.2, -0.15) is 0 Å². The number of hydrogen-bond acceptors (Lipinski definition) is 5. The summed E-state index contributed by atoms with van der Waals surface area (Å²) in [5.41, 5.74) is 2.69. The lowest BCUT2D eigenvalue weighted by atomic mass is 10.1. The van der Waals surface area contributed by atoms with Gasteiger partial charge in [0.1, 0.15) is 18.1 Å². The molecule has 0 radical (unpaired) electrons. The Morgan fingerprint density at radius 2 is 1.79 bits per heavy atom. The van der Waals surface area contributed by atoms with E-state index in [0.717, 1.165) is 11.1 Å². The molecule has 0 spiro atoms. The lowest BCUT2D eigenvalue weighted by molar-refractivity contribution is 0.0472. The van der Waals surface area contributed by atoms with Crippen LogP contribution in [0.3, 0.4) is 0 Å². The molecule has 0 unspecified atom stereocenters. The van der Waals surface area contributed by atoms with Gasteiger partial charge in [-0.05, 0) is 42.0 Å². The van der Waals surface area contributed by atoms with Crippen molar-refractivity contribution in [3.63, 3.8) is 0 Å². The van der Waals surface area contributed by atoms with Gasteiger partial charge in [-0.25, -0.2) is 9.59 Å². The fourth-order valence-electron chi connectivity index (χ4n) is 2.93. The second kappa shape index (κ2) is 7.44. The van der Waals surface area contributed by atoms with E-state index < -0.39 is 12.1 Å². The average Bonchev–Trinajstić information content (AvgIpc) is 2.72. The van der Waals surface area contributed by atoms with Gasteiger partial charge < -0.3 is 14.6 Å². The van der Waals surface area contributed by atoms with Crippen LogP contribution in [0.1, 0.15) is 21.5 Å². The summed E-state index contributed by atoms with van der Waals surface area (Å²) in [4.78, 5) is 25.9. The number of aromatic hydroxyl groups is 1. The molecule has 0 aliphatic carbocycles. The molecular weight excluding hydrogens is 358 g/mol. The van der Waals surface area contributed by atoms with Crippen LogP contribution in [-0.2, 0) is 17.9 Å². The van der Waals surface area contributed by atoms with Crippen molar-refractivity contribution in [2.75, 3.05) is 4.90 Å². The van der Waals surface area contributed by atoms with Crippen LogP contribution in [0.4, 0.5) is 10.5 Å². The van der Waals surface area contributed by atoms with Crippen molar-refractivity contribution in [2.24, 2.45) is 0 Å². The van der Waals surface area contributed by atoms with Crippen LogP contribution in [0.2, 0.25) is 0 Å². The molecule has 6 heteroatoms. The third-order valence-electron chi connectivity index (χ3n) is 4.42. The number of anilines is 1. The molecular formula is C22H17NO5. The molecule has 6 nitrogen and oxygen atoms in total. The van der Waals surface area contributed by atoms with E-state index in [2.05, 4.69) is 0 Å². The van der Waals surface area contributed by atoms with Gasteiger partial charge in [0.15, 0.2) is 0 Å². The third-order valence-corrected chi connectivity index (χ3v) is 4.42. The molecule has 1 N–H and O–H groups in total. The van der Waals surface area contributed by atoms with E-state index in [1.54, 1.807) is 36.4 Å². The fraction of sp³-hybridized carbons (Fsp3) is 0.0909. The van der Waals surface area contributed by atoms with Crippen molar-refractivity contribution >= 4 is 17.7 Å². The number of esters is 1.